The van der Waals surface area contributed by atoms with Crippen molar-refractivity contribution in [3.63, 3.8) is 0 Å². The summed E-state index contributed by atoms with van der Waals surface area (Å²) in [6.07, 6.45) is 0.576. The molecule has 1 aromatic rings. The molecule has 0 radical (unpaired) electrons. The zero-order valence-electron chi connectivity index (χ0n) is 7.74. The Morgan fingerprint density at radius 3 is 2.79 bits per heavy atom. The maximum atomic E-state index is 9.23. The molecule has 0 aromatic carbocycles. The molecule has 0 aliphatic carbocycles. The standard InChI is InChI=1S/C8H10BrClN2O2/c1-4(13)5(2)14-7-6(9)3-11-8(10)12-7/h3-5,13H,1-2H3. The highest BCUT2D eigenvalue weighted by Crippen LogP contribution is 2.23. The Balaban J connectivity index is 2.80. The number of aliphatic hydroxyl groups is 1. The summed E-state index contributed by atoms with van der Waals surface area (Å²) in [6.45, 7) is 3.38. The minimum Gasteiger partial charge on any atom is -0.471 e. The summed E-state index contributed by atoms with van der Waals surface area (Å²) in [4.78, 5) is 7.63. The van der Waals surface area contributed by atoms with Crippen LogP contribution in [0, 0.1) is 0 Å². The normalized spacial score (nSPS) is 14.9. The molecule has 0 fully saturated rings. The van der Waals surface area contributed by atoms with E-state index in [2.05, 4.69) is 25.9 Å². The van der Waals surface area contributed by atoms with Gasteiger partial charge in [0.25, 0.3) is 0 Å². The fourth-order valence-corrected chi connectivity index (χ4v) is 1.10. The summed E-state index contributed by atoms with van der Waals surface area (Å²) in [5.41, 5.74) is 0. The zero-order chi connectivity index (χ0) is 10.7. The average molecular weight is 282 g/mol. The van der Waals surface area contributed by atoms with Crippen molar-refractivity contribution in [1.29, 1.82) is 0 Å². The summed E-state index contributed by atoms with van der Waals surface area (Å²) in [5, 5.41) is 9.34. The minimum absolute atomic E-state index is 0.112. The number of hydrogen-bond donors (Lipinski definition) is 1. The van der Waals surface area contributed by atoms with Crippen molar-refractivity contribution in [3.05, 3.63) is 16.0 Å². The second-order valence-electron chi connectivity index (χ2n) is 2.86. The van der Waals surface area contributed by atoms with Crippen LogP contribution < -0.4 is 4.74 Å². The number of rotatable bonds is 3. The third-order valence-corrected chi connectivity index (χ3v) is 2.39. The predicted molar refractivity (Wildman–Crippen MR) is 56.5 cm³/mol. The average Bonchev–Trinajstić information content (AvgIpc) is 2.11. The molecule has 1 heterocycles. The van der Waals surface area contributed by atoms with Gasteiger partial charge in [-0.05, 0) is 41.4 Å². The first-order valence-electron chi connectivity index (χ1n) is 4.03. The van der Waals surface area contributed by atoms with Gasteiger partial charge in [0.2, 0.25) is 11.2 Å². The Hall–Kier alpha value is -0.390. The SMILES string of the molecule is CC(O)C(C)Oc1nc(Cl)ncc1Br. The van der Waals surface area contributed by atoms with E-state index < -0.39 is 6.10 Å². The highest BCUT2D eigenvalue weighted by Gasteiger charge is 2.13. The lowest BCUT2D eigenvalue weighted by atomic mass is 10.3. The van der Waals surface area contributed by atoms with Crippen LogP contribution in [0.5, 0.6) is 5.88 Å². The molecule has 0 amide bonds. The van der Waals surface area contributed by atoms with E-state index in [0.29, 0.717) is 10.4 Å². The second-order valence-corrected chi connectivity index (χ2v) is 4.05. The lowest BCUT2D eigenvalue weighted by Crippen LogP contribution is -2.26. The van der Waals surface area contributed by atoms with Crippen molar-refractivity contribution in [2.45, 2.75) is 26.1 Å². The number of halogens is 2. The molecular formula is C8H10BrClN2O2. The van der Waals surface area contributed by atoms with Gasteiger partial charge in [0, 0.05) is 6.20 Å². The van der Waals surface area contributed by atoms with Crippen molar-refractivity contribution < 1.29 is 9.84 Å². The van der Waals surface area contributed by atoms with Crippen LogP contribution >= 0.6 is 27.5 Å². The van der Waals surface area contributed by atoms with Crippen LogP contribution in [0.1, 0.15) is 13.8 Å². The zero-order valence-corrected chi connectivity index (χ0v) is 10.1. The first-order chi connectivity index (χ1) is 6.50. The summed E-state index contributed by atoms with van der Waals surface area (Å²) in [6, 6.07) is 0. The number of aromatic nitrogens is 2. The molecule has 0 bridgehead atoms. The van der Waals surface area contributed by atoms with Gasteiger partial charge in [0.1, 0.15) is 6.10 Å². The Morgan fingerprint density at radius 1 is 1.57 bits per heavy atom. The van der Waals surface area contributed by atoms with Gasteiger partial charge in [0.15, 0.2) is 0 Å². The topological polar surface area (TPSA) is 55.2 Å². The molecule has 2 atom stereocenters. The van der Waals surface area contributed by atoms with Crippen LogP contribution in [0.3, 0.4) is 0 Å². The molecule has 0 saturated carbocycles. The van der Waals surface area contributed by atoms with E-state index >= 15 is 0 Å². The highest BCUT2D eigenvalue weighted by molar-refractivity contribution is 9.10. The number of hydrogen-bond acceptors (Lipinski definition) is 4. The van der Waals surface area contributed by atoms with Gasteiger partial charge in [-0.2, -0.15) is 4.98 Å². The molecule has 1 N–H and O–H groups in total. The Bertz CT molecular complexity index is 322. The number of ether oxygens (including phenoxy) is 1. The summed E-state index contributed by atoms with van der Waals surface area (Å²) in [7, 11) is 0. The molecule has 4 nitrogen and oxygen atoms in total. The molecule has 6 heteroatoms. The third kappa shape index (κ3) is 3.08. The van der Waals surface area contributed by atoms with E-state index in [1.54, 1.807) is 13.8 Å². The van der Waals surface area contributed by atoms with Gasteiger partial charge in [-0.15, -0.1) is 0 Å². The number of nitrogens with zero attached hydrogens (tertiary/aromatic N) is 2. The molecule has 0 saturated heterocycles. The van der Waals surface area contributed by atoms with E-state index in [0.717, 1.165) is 0 Å². The summed E-state index contributed by atoms with van der Waals surface area (Å²) in [5.74, 6) is 0.332. The van der Waals surface area contributed by atoms with Crippen LogP contribution in [0.2, 0.25) is 5.28 Å². The molecule has 0 spiro atoms. The van der Waals surface area contributed by atoms with E-state index in [9.17, 15) is 5.11 Å². The van der Waals surface area contributed by atoms with Gasteiger partial charge in [-0.1, -0.05) is 0 Å². The predicted octanol–water partition coefficient (Wildman–Crippen LogP) is 2.04. The van der Waals surface area contributed by atoms with E-state index in [1.807, 2.05) is 0 Å². The lowest BCUT2D eigenvalue weighted by Gasteiger charge is -2.16. The minimum atomic E-state index is -0.573. The van der Waals surface area contributed by atoms with E-state index in [-0.39, 0.29) is 11.4 Å². The van der Waals surface area contributed by atoms with Gasteiger partial charge in [-0.25, -0.2) is 4.98 Å². The van der Waals surface area contributed by atoms with Crippen molar-refractivity contribution in [2.75, 3.05) is 0 Å². The Morgan fingerprint density at radius 2 is 2.21 bits per heavy atom. The first-order valence-corrected chi connectivity index (χ1v) is 5.20. The Labute approximate surface area is 95.4 Å². The molecule has 2 unspecified atom stereocenters. The molecule has 1 aromatic heterocycles. The van der Waals surface area contributed by atoms with Gasteiger partial charge >= 0.3 is 0 Å². The van der Waals surface area contributed by atoms with Gasteiger partial charge < -0.3 is 9.84 Å². The highest BCUT2D eigenvalue weighted by atomic mass is 79.9. The van der Waals surface area contributed by atoms with Gasteiger partial charge in [0.05, 0.1) is 10.6 Å². The fourth-order valence-electron chi connectivity index (χ4n) is 0.688. The van der Waals surface area contributed by atoms with Crippen molar-refractivity contribution >= 4 is 27.5 Å². The summed E-state index contributed by atoms with van der Waals surface area (Å²) < 4.78 is 5.96. The van der Waals surface area contributed by atoms with E-state index in [4.69, 9.17) is 16.3 Å². The quantitative estimate of drug-likeness (QED) is 0.862. The molecule has 0 aliphatic rings. The Kier molecular flexibility index (Phi) is 4.10. The van der Waals surface area contributed by atoms with E-state index in [1.165, 1.54) is 6.20 Å². The molecule has 78 valence electrons. The molecule has 1 rings (SSSR count). The molecule has 0 aliphatic heterocycles. The van der Waals surface area contributed by atoms with Crippen LogP contribution in [0.25, 0.3) is 0 Å². The van der Waals surface area contributed by atoms with Crippen LogP contribution in [-0.2, 0) is 0 Å². The largest absolute Gasteiger partial charge is 0.471 e. The van der Waals surface area contributed by atoms with Gasteiger partial charge in [-0.3, -0.25) is 0 Å². The number of aliphatic hydroxyl groups excluding tert-OH is 1. The maximum absolute atomic E-state index is 9.23. The third-order valence-electron chi connectivity index (χ3n) is 1.66. The first kappa shape index (κ1) is 11.7. The summed E-state index contributed by atoms with van der Waals surface area (Å²) >= 11 is 8.81. The smallest absolute Gasteiger partial charge is 0.232 e. The molecule has 14 heavy (non-hydrogen) atoms. The van der Waals surface area contributed by atoms with Crippen molar-refractivity contribution in [3.8, 4) is 5.88 Å². The second kappa shape index (κ2) is 4.91. The lowest BCUT2D eigenvalue weighted by molar-refractivity contribution is 0.0568. The monoisotopic (exact) mass is 280 g/mol. The fraction of sp³-hybridized carbons (Fsp3) is 0.500. The van der Waals surface area contributed by atoms with Crippen molar-refractivity contribution in [1.82, 2.24) is 9.97 Å². The van der Waals surface area contributed by atoms with Crippen LogP contribution in [0.4, 0.5) is 0 Å². The van der Waals surface area contributed by atoms with Crippen LogP contribution in [0.15, 0.2) is 10.7 Å². The maximum Gasteiger partial charge on any atom is 0.232 e. The van der Waals surface area contributed by atoms with Crippen molar-refractivity contribution in [2.24, 2.45) is 0 Å². The molecular weight excluding hydrogens is 271 g/mol. The van der Waals surface area contributed by atoms with Crippen LogP contribution in [-0.4, -0.2) is 27.3 Å².